The van der Waals surface area contributed by atoms with E-state index >= 15 is 0 Å². The molecule has 1 aliphatic rings. The summed E-state index contributed by atoms with van der Waals surface area (Å²) in [7, 11) is 7.50. The lowest BCUT2D eigenvalue weighted by molar-refractivity contribution is -0.130. The van der Waals surface area contributed by atoms with Crippen molar-refractivity contribution in [3.63, 3.8) is 0 Å². The molecule has 29 nitrogen and oxygen atoms in total. The summed E-state index contributed by atoms with van der Waals surface area (Å²) in [4.78, 5) is 120. The van der Waals surface area contributed by atoms with Crippen molar-refractivity contribution in [1.29, 1.82) is 0 Å². The summed E-state index contributed by atoms with van der Waals surface area (Å²) in [5.41, 5.74) is 10.1. The summed E-state index contributed by atoms with van der Waals surface area (Å²) in [6.07, 6.45) is 0.866. The Balaban J connectivity index is 0.000000354. The Morgan fingerprint density at radius 2 is 1.40 bits per heavy atom. The van der Waals surface area contributed by atoms with E-state index in [2.05, 4.69) is 36.9 Å². The van der Waals surface area contributed by atoms with Gasteiger partial charge < -0.3 is 99.6 Å². The molecular weight excluding hydrogens is 1250 g/mol. The number of nitrogens with zero attached hydrogens (tertiary/aromatic N) is 3. The number of fused-ring (bicyclic) bond motifs is 4. The van der Waals surface area contributed by atoms with Crippen molar-refractivity contribution in [3.05, 3.63) is 88.3 Å². The summed E-state index contributed by atoms with van der Waals surface area (Å²) < 4.78 is 49.5. The number of methoxy groups -OCH3 is 2. The molecule has 29 heteroatoms. The Hall–Kier alpha value is -9.03. The molecule has 96 heavy (non-hydrogen) atoms. The second kappa shape index (κ2) is 40.4. The van der Waals surface area contributed by atoms with E-state index < -0.39 is 36.3 Å². The van der Waals surface area contributed by atoms with Crippen LogP contribution in [-0.2, 0) is 54.2 Å². The number of benzene rings is 3. The number of furan rings is 1. The van der Waals surface area contributed by atoms with Gasteiger partial charge in [-0.05, 0) is 74.4 Å². The first-order chi connectivity index (χ1) is 46.0. The van der Waals surface area contributed by atoms with Crippen molar-refractivity contribution in [3.8, 4) is 11.5 Å². The number of hydrogen-bond donors (Lipinski definition) is 8. The Kier molecular flexibility index (Phi) is 32.7. The fraction of sp³-hybridized carbons (Fsp3) is 0.537. The number of esters is 1. The highest BCUT2D eigenvalue weighted by atomic mass is 16.6. The van der Waals surface area contributed by atoms with E-state index in [1.165, 1.54) is 24.0 Å². The van der Waals surface area contributed by atoms with E-state index in [0.717, 1.165) is 16.7 Å². The molecular formula is C67H97N11O18. The number of carbonyl (C=O) groups is 9. The molecule has 1 unspecified atom stereocenters. The maximum absolute atomic E-state index is 14.1. The number of amides is 9. The van der Waals surface area contributed by atoms with Gasteiger partial charge >= 0.3 is 24.2 Å². The Bertz CT molecular complexity index is 3370. The van der Waals surface area contributed by atoms with Crippen molar-refractivity contribution in [2.75, 3.05) is 139 Å². The molecule has 2 aromatic heterocycles. The Morgan fingerprint density at radius 3 is 2.01 bits per heavy atom. The maximum Gasteiger partial charge on any atom is 0.415 e. The van der Waals surface area contributed by atoms with Crippen LogP contribution in [0.15, 0.2) is 59.0 Å². The third-order valence-corrected chi connectivity index (χ3v) is 15.6. The van der Waals surface area contributed by atoms with Crippen molar-refractivity contribution in [2.24, 2.45) is 11.7 Å². The minimum absolute atomic E-state index is 0.000150. The average Bonchev–Trinajstić information content (AvgIpc) is 1.56. The molecule has 528 valence electrons. The number of ether oxygens (including phenoxy) is 8. The monoisotopic (exact) mass is 1340 g/mol. The quantitative estimate of drug-likeness (QED) is 0.0177. The topological polar surface area (TPSA) is 364 Å². The second-order valence-corrected chi connectivity index (χ2v) is 23.0. The number of aromatic amines is 1. The smallest absolute Gasteiger partial charge is 0.415 e. The molecule has 9 N–H and O–H groups in total. The number of carbonyl (C=O) groups excluding carboxylic acids is 9. The molecule has 0 fully saturated rings. The van der Waals surface area contributed by atoms with Crippen molar-refractivity contribution in [2.45, 2.75) is 98.3 Å². The van der Waals surface area contributed by atoms with Crippen LogP contribution in [-0.4, -0.2) is 215 Å². The first-order valence-corrected chi connectivity index (χ1v) is 32.2. The van der Waals surface area contributed by atoms with Crippen LogP contribution in [0, 0.1) is 19.8 Å². The molecule has 3 heterocycles. The van der Waals surface area contributed by atoms with E-state index in [9.17, 15) is 43.2 Å². The standard InChI is InChI=1S/C39H42N4O9.C28H55N7O9/c1-8-25-20-43(36(44)31-18-26-17-27(48-6)13-14-29(26)51-31)28-19-30(35-34(33(25)28)32(23(3)40-35)37(45)49-7)52-39(47)42(5)16-15-41(4)38(46)50-21-24-11-9-22(2)10-12-24;1-5-23(36)32-12-14-42-16-18-44-20-19-43-17-15-41-13-8-24(37)31-10-11-33-25(21(2)3)27(39)35-22(26(38)30-4)7-6-9-34-28(29)40/h9-14,17-19,25,40H,8,15-16,20-21H2,1-7H3;21-22,25,33H,5-20H2,1-4H3,(H,30,38)(H,31,37)(H,32,36)(H,35,39)(H3,29,34,40)/t25-;22?,25-/m10/s1. The number of anilines is 1. The van der Waals surface area contributed by atoms with Crippen molar-refractivity contribution < 1.29 is 85.5 Å². The van der Waals surface area contributed by atoms with Gasteiger partial charge in [0.1, 0.15) is 24.0 Å². The number of primary amides is 1. The summed E-state index contributed by atoms with van der Waals surface area (Å²) >= 11 is 0. The third kappa shape index (κ3) is 24.0. The van der Waals surface area contributed by atoms with Crippen LogP contribution < -0.4 is 52.0 Å². The van der Waals surface area contributed by atoms with Gasteiger partial charge in [0.15, 0.2) is 11.5 Å². The molecule has 0 saturated heterocycles. The van der Waals surface area contributed by atoms with Gasteiger partial charge in [-0.15, -0.1) is 0 Å². The van der Waals surface area contributed by atoms with Gasteiger partial charge in [0.25, 0.3) is 5.91 Å². The fourth-order valence-electron chi connectivity index (χ4n) is 10.2. The number of likely N-dealkylation sites (N-methyl/N-ethyl adjacent to an activating group) is 3. The maximum atomic E-state index is 14.1. The normalized spacial score (nSPS) is 13.0. The van der Waals surface area contributed by atoms with Gasteiger partial charge in [-0.3, -0.25) is 24.0 Å². The minimum Gasteiger partial charge on any atom is -0.497 e. The minimum atomic E-state index is -0.757. The number of rotatable bonds is 38. The van der Waals surface area contributed by atoms with Gasteiger partial charge in [0, 0.05) is 108 Å². The predicted octanol–water partition coefficient (Wildman–Crippen LogP) is 5.56. The van der Waals surface area contributed by atoms with E-state index in [1.54, 1.807) is 70.3 Å². The fourth-order valence-corrected chi connectivity index (χ4v) is 10.2. The second-order valence-electron chi connectivity index (χ2n) is 23.0. The first kappa shape index (κ1) is 77.7. The first-order valence-electron chi connectivity index (χ1n) is 32.2. The predicted molar refractivity (Wildman–Crippen MR) is 358 cm³/mol. The van der Waals surface area contributed by atoms with Crippen LogP contribution >= 0.6 is 0 Å². The molecule has 0 aliphatic carbocycles. The van der Waals surface area contributed by atoms with Gasteiger partial charge in [-0.25, -0.2) is 19.2 Å². The molecule has 0 saturated carbocycles. The van der Waals surface area contributed by atoms with Gasteiger partial charge in [-0.2, -0.15) is 0 Å². The van der Waals surface area contributed by atoms with E-state index in [-0.39, 0.29) is 85.6 Å². The average molecular weight is 1340 g/mol. The number of aromatic nitrogens is 1. The molecule has 0 radical (unpaired) electrons. The molecule has 3 atom stereocenters. The SMILES string of the molecule is CCC(=O)NCCOCCOCCOCCOCCC(=O)NCCN[C@H](C(=O)NC(CCCNC(N)=O)C(=O)NC)C(C)C.CC[C@@H]1CN(C(=O)c2cc3cc(OC)ccc3o2)c2cc(OC(=O)N(C)CCN(C)C(=O)OCc3ccc(C)cc3)c3[nH]c(C)c(C(=O)OC)c3c21. The number of nitrogens with two attached hydrogens (primary N) is 1. The zero-order chi connectivity index (χ0) is 70.3. The molecule has 1 aliphatic heterocycles. The molecule has 5 aromatic rings. The van der Waals surface area contributed by atoms with Crippen LogP contribution in [0.25, 0.3) is 21.9 Å². The van der Waals surface area contributed by atoms with Crippen LogP contribution in [0.4, 0.5) is 20.1 Å². The Labute approximate surface area is 560 Å². The molecule has 0 bridgehead atoms. The van der Waals surface area contributed by atoms with Crippen LogP contribution in [0.2, 0.25) is 0 Å². The lowest BCUT2D eigenvalue weighted by atomic mass is 9.93. The van der Waals surface area contributed by atoms with Gasteiger partial charge in [0.05, 0.1) is 89.9 Å². The zero-order valence-electron chi connectivity index (χ0n) is 57.1. The zero-order valence-corrected chi connectivity index (χ0v) is 57.1. The van der Waals surface area contributed by atoms with Crippen LogP contribution in [0.1, 0.15) is 109 Å². The van der Waals surface area contributed by atoms with E-state index in [0.29, 0.717) is 149 Å². The summed E-state index contributed by atoms with van der Waals surface area (Å²) in [5, 5.41) is 17.6. The highest BCUT2D eigenvalue weighted by Crippen LogP contribution is 2.49. The molecule has 3 aromatic carbocycles. The molecule has 6 rings (SSSR count). The highest BCUT2D eigenvalue weighted by Gasteiger charge is 2.39. The number of aryl methyl sites for hydroxylation is 2. The summed E-state index contributed by atoms with van der Waals surface area (Å²) in [6.45, 7) is 16.6. The summed E-state index contributed by atoms with van der Waals surface area (Å²) in [6, 6.07) is 14.3. The van der Waals surface area contributed by atoms with Gasteiger partial charge in [0.2, 0.25) is 23.6 Å². The Morgan fingerprint density at radius 1 is 0.750 bits per heavy atom. The largest absolute Gasteiger partial charge is 0.497 e. The van der Waals surface area contributed by atoms with Gasteiger partial charge in [-0.1, -0.05) is 57.5 Å². The highest BCUT2D eigenvalue weighted by molar-refractivity contribution is 6.15. The lowest BCUT2D eigenvalue weighted by Crippen LogP contribution is -2.54. The van der Waals surface area contributed by atoms with Crippen LogP contribution in [0.3, 0.4) is 0 Å². The summed E-state index contributed by atoms with van der Waals surface area (Å²) in [5.74, 6) is -1.11. The third-order valence-electron chi connectivity index (χ3n) is 15.6. The molecule has 9 amide bonds. The number of H-pyrrole nitrogens is 1. The molecule has 0 spiro atoms. The number of urea groups is 1. The lowest BCUT2D eigenvalue weighted by Gasteiger charge is -2.25. The number of hydrogen-bond acceptors (Lipinski definition) is 19. The van der Waals surface area contributed by atoms with E-state index in [4.69, 9.17) is 48.0 Å². The van der Waals surface area contributed by atoms with Crippen molar-refractivity contribution in [1.82, 2.24) is 46.7 Å². The van der Waals surface area contributed by atoms with E-state index in [1.807, 2.05) is 52.0 Å². The van der Waals surface area contributed by atoms with Crippen molar-refractivity contribution >= 4 is 81.3 Å². The van der Waals surface area contributed by atoms with Crippen LogP contribution in [0.5, 0.6) is 11.5 Å². The number of nitrogens with one attached hydrogen (secondary N) is 7.